The van der Waals surface area contributed by atoms with E-state index in [2.05, 4.69) is 10.3 Å². The van der Waals surface area contributed by atoms with Gasteiger partial charge in [-0.25, -0.2) is 8.78 Å². The Morgan fingerprint density at radius 3 is 1.95 bits per heavy atom. The number of halogens is 7. The molecule has 39 heavy (non-hydrogen) atoms. The fourth-order valence-electron chi connectivity index (χ4n) is 2.94. The fraction of sp³-hybridized carbons (Fsp3) is 0.0769. The Kier molecular flexibility index (Phi) is 8.64. The Morgan fingerprint density at radius 1 is 0.821 bits per heavy atom. The van der Waals surface area contributed by atoms with E-state index in [1.165, 1.54) is 36.5 Å². The number of carbonyl (C=O) groups excluding carboxylic acids is 1. The van der Waals surface area contributed by atoms with Crippen LogP contribution in [0.25, 0.3) is 0 Å². The molecule has 6 nitrogen and oxygen atoms in total. The molecule has 1 amide bonds. The number of alkyl halides is 5. The first kappa shape index (κ1) is 28.8. The standard InChI is InChI=1S/C20H12F6N2O3.C6H5FO/c21-12-2-4-14(5-3-12)31-16-9-11(19(22,23)20(24,25)26)1-6-15(16)18(30)28-13-7-8-27-17(29)10-13;7-5-1-3-6(8)4-2-5/h1-10H,(H2,27,28,29,30);1-4,8H. The van der Waals surface area contributed by atoms with Crippen LogP contribution in [0.15, 0.2) is 89.9 Å². The highest BCUT2D eigenvalue weighted by Crippen LogP contribution is 2.45. The highest BCUT2D eigenvalue weighted by molar-refractivity contribution is 6.06. The number of ether oxygens (including phenoxy) is 1. The number of H-pyrrole nitrogens is 1. The van der Waals surface area contributed by atoms with Gasteiger partial charge in [0.2, 0.25) is 5.56 Å². The highest BCUT2D eigenvalue weighted by Gasteiger charge is 2.58. The third-order valence-electron chi connectivity index (χ3n) is 4.85. The van der Waals surface area contributed by atoms with E-state index in [9.17, 15) is 40.3 Å². The molecule has 0 atom stereocenters. The summed E-state index contributed by atoms with van der Waals surface area (Å²) in [5.74, 6) is -7.78. The Bertz CT molecular complexity index is 1470. The molecule has 0 bridgehead atoms. The summed E-state index contributed by atoms with van der Waals surface area (Å²) in [5, 5.41) is 10.9. The minimum Gasteiger partial charge on any atom is -0.508 e. The number of anilines is 1. The van der Waals surface area contributed by atoms with Crippen LogP contribution in [0.4, 0.5) is 36.4 Å². The highest BCUT2D eigenvalue weighted by atomic mass is 19.4. The maximum atomic E-state index is 13.8. The van der Waals surface area contributed by atoms with Gasteiger partial charge in [0.25, 0.3) is 5.91 Å². The van der Waals surface area contributed by atoms with Crippen LogP contribution in [-0.2, 0) is 5.92 Å². The Balaban J connectivity index is 0.000000449. The Labute approximate surface area is 215 Å². The fourth-order valence-corrected chi connectivity index (χ4v) is 2.94. The lowest BCUT2D eigenvalue weighted by Gasteiger charge is -2.21. The number of pyridine rings is 1. The lowest BCUT2D eigenvalue weighted by Crippen LogP contribution is -2.33. The third-order valence-corrected chi connectivity index (χ3v) is 4.85. The zero-order valence-corrected chi connectivity index (χ0v) is 19.4. The van der Waals surface area contributed by atoms with Crippen LogP contribution < -0.4 is 15.6 Å². The Hall–Kier alpha value is -4.81. The van der Waals surface area contributed by atoms with Crippen LogP contribution in [0.1, 0.15) is 15.9 Å². The van der Waals surface area contributed by atoms with Crippen molar-refractivity contribution in [1.29, 1.82) is 0 Å². The number of hydrogen-bond donors (Lipinski definition) is 3. The zero-order chi connectivity index (χ0) is 28.8. The maximum Gasteiger partial charge on any atom is 0.458 e. The van der Waals surface area contributed by atoms with Crippen LogP contribution in [0.2, 0.25) is 0 Å². The first-order valence-corrected chi connectivity index (χ1v) is 10.7. The van der Waals surface area contributed by atoms with Gasteiger partial charge in [-0.2, -0.15) is 22.0 Å². The maximum absolute atomic E-state index is 13.8. The van der Waals surface area contributed by atoms with Gasteiger partial charge in [0, 0.05) is 23.5 Å². The average Bonchev–Trinajstić information content (AvgIpc) is 2.87. The van der Waals surface area contributed by atoms with Crippen LogP contribution in [-0.4, -0.2) is 22.2 Å². The lowest BCUT2D eigenvalue weighted by molar-refractivity contribution is -0.289. The zero-order valence-electron chi connectivity index (χ0n) is 19.4. The van der Waals surface area contributed by atoms with Gasteiger partial charge < -0.3 is 20.1 Å². The molecule has 13 heteroatoms. The number of carbonyl (C=O) groups is 1. The number of nitrogens with one attached hydrogen (secondary N) is 2. The summed E-state index contributed by atoms with van der Waals surface area (Å²) in [6.45, 7) is 0. The van der Waals surface area contributed by atoms with Gasteiger partial charge in [-0.1, -0.05) is 6.07 Å². The van der Waals surface area contributed by atoms with Gasteiger partial charge in [-0.05, 0) is 66.7 Å². The topological polar surface area (TPSA) is 91.4 Å². The van der Waals surface area contributed by atoms with Gasteiger partial charge >= 0.3 is 12.1 Å². The predicted molar refractivity (Wildman–Crippen MR) is 126 cm³/mol. The van der Waals surface area contributed by atoms with Crippen molar-refractivity contribution in [2.45, 2.75) is 12.1 Å². The molecule has 1 aromatic heterocycles. The quantitative estimate of drug-likeness (QED) is 0.238. The molecule has 0 saturated carbocycles. The van der Waals surface area contributed by atoms with E-state index in [1.54, 1.807) is 0 Å². The minimum atomic E-state index is -5.88. The number of aromatic amines is 1. The number of phenolic OH excluding ortho intramolecular Hbond substituents is 1. The van der Waals surface area contributed by atoms with Crippen LogP contribution >= 0.6 is 0 Å². The van der Waals surface area contributed by atoms with E-state index in [-0.39, 0.29) is 23.0 Å². The van der Waals surface area contributed by atoms with E-state index in [4.69, 9.17) is 9.84 Å². The molecule has 3 N–H and O–H groups in total. The van der Waals surface area contributed by atoms with E-state index >= 15 is 0 Å². The SMILES string of the molecule is O=C(Nc1cc[nH]c(=O)c1)c1ccc(C(F)(F)C(F)(F)F)cc1Oc1ccc(F)cc1.Oc1ccc(F)cc1. The lowest BCUT2D eigenvalue weighted by atomic mass is 10.0. The van der Waals surface area contributed by atoms with E-state index in [1.807, 2.05) is 0 Å². The molecular formula is C26H17F7N2O4. The molecule has 1 heterocycles. The average molecular weight is 554 g/mol. The molecule has 0 radical (unpaired) electrons. The first-order chi connectivity index (χ1) is 18.3. The summed E-state index contributed by atoms with van der Waals surface area (Å²) in [6, 6.07) is 13.1. The summed E-state index contributed by atoms with van der Waals surface area (Å²) in [6.07, 6.45) is -4.64. The molecule has 0 spiro atoms. The second-order valence-corrected chi connectivity index (χ2v) is 7.71. The minimum absolute atomic E-state index is 0.0474. The predicted octanol–water partition coefficient (Wildman–Crippen LogP) is 6.74. The van der Waals surface area contributed by atoms with Gasteiger partial charge in [0.05, 0.1) is 5.56 Å². The molecule has 0 unspecified atom stereocenters. The molecule has 204 valence electrons. The molecule has 0 fully saturated rings. The molecule has 0 aliphatic carbocycles. The number of aromatic hydroxyl groups is 1. The molecule has 4 rings (SSSR count). The summed E-state index contributed by atoms with van der Waals surface area (Å²) < 4.78 is 96.2. The summed E-state index contributed by atoms with van der Waals surface area (Å²) in [7, 11) is 0. The number of amides is 1. The second-order valence-electron chi connectivity index (χ2n) is 7.71. The van der Waals surface area contributed by atoms with E-state index in [0.29, 0.717) is 12.1 Å². The molecule has 0 saturated heterocycles. The van der Waals surface area contributed by atoms with Crippen molar-refractivity contribution in [2.75, 3.05) is 5.32 Å². The first-order valence-electron chi connectivity index (χ1n) is 10.7. The largest absolute Gasteiger partial charge is 0.508 e. The van der Waals surface area contributed by atoms with Crippen LogP contribution in [0, 0.1) is 11.6 Å². The van der Waals surface area contributed by atoms with Crippen molar-refractivity contribution >= 4 is 11.6 Å². The van der Waals surface area contributed by atoms with Gasteiger partial charge in [0.15, 0.2) is 0 Å². The van der Waals surface area contributed by atoms with Crippen molar-refractivity contribution in [2.24, 2.45) is 0 Å². The number of benzene rings is 3. The molecule has 0 aliphatic rings. The summed E-state index contributed by atoms with van der Waals surface area (Å²) in [4.78, 5) is 26.2. The van der Waals surface area contributed by atoms with Gasteiger partial charge in [-0.3, -0.25) is 9.59 Å². The van der Waals surface area contributed by atoms with Crippen molar-refractivity contribution < 1.29 is 45.4 Å². The summed E-state index contributed by atoms with van der Waals surface area (Å²) >= 11 is 0. The third kappa shape index (κ3) is 7.60. The molecule has 3 aromatic carbocycles. The monoisotopic (exact) mass is 554 g/mol. The smallest absolute Gasteiger partial charge is 0.458 e. The van der Waals surface area contributed by atoms with Crippen molar-refractivity contribution in [3.8, 4) is 17.2 Å². The number of rotatable bonds is 5. The van der Waals surface area contributed by atoms with Gasteiger partial charge in [-0.15, -0.1) is 0 Å². The summed E-state index contributed by atoms with van der Waals surface area (Å²) in [5.41, 5.74) is -2.34. The number of hydrogen-bond acceptors (Lipinski definition) is 4. The normalized spacial score (nSPS) is 11.3. The van der Waals surface area contributed by atoms with Crippen molar-refractivity contribution in [3.63, 3.8) is 0 Å². The van der Waals surface area contributed by atoms with Crippen LogP contribution in [0.5, 0.6) is 17.2 Å². The van der Waals surface area contributed by atoms with E-state index in [0.717, 1.165) is 36.4 Å². The van der Waals surface area contributed by atoms with Crippen molar-refractivity contribution in [1.82, 2.24) is 4.98 Å². The van der Waals surface area contributed by atoms with Crippen LogP contribution in [0.3, 0.4) is 0 Å². The second kappa shape index (κ2) is 11.7. The van der Waals surface area contributed by atoms with E-state index < -0.39 is 46.3 Å². The Morgan fingerprint density at radius 2 is 1.41 bits per heavy atom. The number of aromatic nitrogens is 1. The molecule has 4 aromatic rings. The van der Waals surface area contributed by atoms with Crippen molar-refractivity contribution in [3.05, 3.63) is 118 Å². The molecular weight excluding hydrogens is 537 g/mol. The number of phenols is 1. The van der Waals surface area contributed by atoms with Gasteiger partial charge in [0.1, 0.15) is 28.9 Å². The molecule has 0 aliphatic heterocycles.